The maximum absolute atomic E-state index is 11.7. The number of aromatic nitrogens is 1. The van der Waals surface area contributed by atoms with Crippen molar-refractivity contribution in [2.45, 2.75) is 12.8 Å². The van der Waals surface area contributed by atoms with E-state index in [0.717, 1.165) is 13.1 Å². The molecule has 2 rings (SSSR count). The van der Waals surface area contributed by atoms with Crippen molar-refractivity contribution in [2.75, 3.05) is 25.0 Å². The molecule has 1 aromatic heterocycles. The first-order chi connectivity index (χ1) is 7.75. The lowest BCUT2D eigenvalue weighted by Gasteiger charge is -2.14. The predicted molar refractivity (Wildman–Crippen MR) is 63.6 cm³/mol. The van der Waals surface area contributed by atoms with E-state index < -0.39 is 0 Å². The molecule has 0 aliphatic carbocycles. The summed E-state index contributed by atoms with van der Waals surface area (Å²) in [5.74, 6) is -0.0307. The molecule has 0 spiro atoms. The molecule has 0 atom stereocenters. The van der Waals surface area contributed by atoms with Gasteiger partial charge < -0.3 is 5.32 Å². The van der Waals surface area contributed by atoms with Gasteiger partial charge in [0.1, 0.15) is 0 Å². The van der Waals surface area contributed by atoms with E-state index in [-0.39, 0.29) is 5.91 Å². The second kappa shape index (κ2) is 5.27. The van der Waals surface area contributed by atoms with E-state index in [1.807, 2.05) is 0 Å². The van der Waals surface area contributed by atoms with Gasteiger partial charge in [-0.1, -0.05) is 11.6 Å². The van der Waals surface area contributed by atoms with Crippen LogP contribution in [0.3, 0.4) is 0 Å². The average molecular weight is 240 g/mol. The Bertz CT molecular complexity index is 377. The molecule has 1 amide bonds. The third kappa shape index (κ3) is 2.93. The zero-order valence-corrected chi connectivity index (χ0v) is 9.70. The summed E-state index contributed by atoms with van der Waals surface area (Å²) >= 11 is 5.85. The number of pyridine rings is 1. The number of halogens is 1. The molecule has 1 aliphatic heterocycles. The van der Waals surface area contributed by atoms with Gasteiger partial charge in [0, 0.05) is 6.20 Å². The first-order valence-corrected chi connectivity index (χ1v) is 5.76. The molecule has 1 N–H and O–H groups in total. The Morgan fingerprint density at radius 1 is 1.50 bits per heavy atom. The number of carbonyl (C=O) groups excluding carboxylic acids is 1. The fraction of sp³-hybridized carbons (Fsp3) is 0.455. The topological polar surface area (TPSA) is 45.2 Å². The van der Waals surface area contributed by atoms with Crippen LogP contribution in [0.25, 0.3) is 0 Å². The van der Waals surface area contributed by atoms with Crippen LogP contribution >= 0.6 is 11.6 Å². The largest absolute Gasteiger partial charge is 0.322 e. The highest BCUT2D eigenvalue weighted by atomic mass is 35.5. The van der Waals surface area contributed by atoms with Crippen molar-refractivity contribution in [1.29, 1.82) is 0 Å². The van der Waals surface area contributed by atoms with Gasteiger partial charge in [-0.25, -0.2) is 4.98 Å². The number of likely N-dealkylation sites (tertiary alicyclic amines) is 1. The monoisotopic (exact) mass is 239 g/mol. The van der Waals surface area contributed by atoms with Crippen LogP contribution in [0.1, 0.15) is 12.8 Å². The molecular weight excluding hydrogens is 226 g/mol. The second-order valence-electron chi connectivity index (χ2n) is 3.87. The normalized spacial score (nSPS) is 16.3. The van der Waals surface area contributed by atoms with Crippen molar-refractivity contribution in [3.05, 3.63) is 23.5 Å². The molecule has 0 unspecified atom stereocenters. The highest BCUT2D eigenvalue weighted by Crippen LogP contribution is 2.17. The molecule has 16 heavy (non-hydrogen) atoms. The van der Waals surface area contributed by atoms with Crippen molar-refractivity contribution in [3.8, 4) is 0 Å². The summed E-state index contributed by atoms with van der Waals surface area (Å²) in [6.45, 7) is 2.45. The zero-order chi connectivity index (χ0) is 11.4. The smallest absolute Gasteiger partial charge is 0.238 e. The van der Waals surface area contributed by atoms with Gasteiger partial charge in [-0.15, -0.1) is 0 Å². The summed E-state index contributed by atoms with van der Waals surface area (Å²) in [5.41, 5.74) is 0.577. The predicted octanol–water partition coefficient (Wildman–Crippen LogP) is 1.77. The molecule has 0 radical (unpaired) electrons. The van der Waals surface area contributed by atoms with E-state index in [1.54, 1.807) is 18.3 Å². The lowest BCUT2D eigenvalue weighted by molar-refractivity contribution is -0.117. The minimum absolute atomic E-state index is 0.0307. The van der Waals surface area contributed by atoms with Crippen molar-refractivity contribution in [3.63, 3.8) is 0 Å². The third-order valence-corrected chi connectivity index (χ3v) is 2.90. The molecule has 0 aromatic carbocycles. The Morgan fingerprint density at radius 3 is 2.94 bits per heavy atom. The number of hydrogen-bond donors (Lipinski definition) is 1. The fourth-order valence-electron chi connectivity index (χ4n) is 1.81. The number of anilines is 1. The van der Waals surface area contributed by atoms with E-state index in [1.165, 1.54) is 12.8 Å². The van der Waals surface area contributed by atoms with E-state index in [2.05, 4.69) is 15.2 Å². The Hall–Kier alpha value is -1.13. The fourth-order valence-corrected chi connectivity index (χ4v) is 1.98. The molecule has 1 aliphatic rings. The van der Waals surface area contributed by atoms with Crippen LogP contribution in [0.2, 0.25) is 5.15 Å². The van der Waals surface area contributed by atoms with E-state index in [0.29, 0.717) is 17.4 Å². The molecule has 1 aromatic rings. The van der Waals surface area contributed by atoms with Crippen LogP contribution < -0.4 is 5.32 Å². The molecule has 86 valence electrons. The van der Waals surface area contributed by atoms with Crippen LogP contribution in [0, 0.1) is 0 Å². The standard InChI is InChI=1S/C11H14ClN3O/c12-11-9(4-3-5-13-11)14-10(16)8-15-6-1-2-7-15/h3-5H,1-2,6-8H2,(H,14,16). The highest BCUT2D eigenvalue weighted by Gasteiger charge is 2.15. The third-order valence-electron chi connectivity index (χ3n) is 2.60. The van der Waals surface area contributed by atoms with Gasteiger partial charge >= 0.3 is 0 Å². The Morgan fingerprint density at radius 2 is 2.25 bits per heavy atom. The second-order valence-corrected chi connectivity index (χ2v) is 4.23. The van der Waals surface area contributed by atoms with Crippen molar-refractivity contribution in [1.82, 2.24) is 9.88 Å². The van der Waals surface area contributed by atoms with Gasteiger partial charge in [-0.05, 0) is 38.1 Å². The summed E-state index contributed by atoms with van der Waals surface area (Å²) in [4.78, 5) is 17.7. The SMILES string of the molecule is O=C(CN1CCCC1)Nc1cccnc1Cl. The first-order valence-electron chi connectivity index (χ1n) is 5.38. The molecule has 2 heterocycles. The summed E-state index contributed by atoms with van der Waals surface area (Å²) in [7, 11) is 0. The molecule has 0 saturated carbocycles. The lowest BCUT2D eigenvalue weighted by atomic mass is 10.4. The van der Waals surface area contributed by atoms with Crippen LogP contribution in [0.15, 0.2) is 18.3 Å². The summed E-state index contributed by atoms with van der Waals surface area (Å²) < 4.78 is 0. The summed E-state index contributed by atoms with van der Waals surface area (Å²) in [6, 6.07) is 3.49. The summed E-state index contributed by atoms with van der Waals surface area (Å²) in [5, 5.41) is 3.09. The Kier molecular flexibility index (Phi) is 3.74. The van der Waals surface area contributed by atoms with Crippen LogP contribution in [-0.2, 0) is 4.79 Å². The average Bonchev–Trinajstić information content (AvgIpc) is 2.74. The minimum Gasteiger partial charge on any atom is -0.322 e. The molecule has 4 nitrogen and oxygen atoms in total. The van der Waals surface area contributed by atoms with E-state index in [4.69, 9.17) is 11.6 Å². The number of hydrogen-bond acceptors (Lipinski definition) is 3. The minimum atomic E-state index is -0.0307. The van der Waals surface area contributed by atoms with Gasteiger partial charge in [-0.2, -0.15) is 0 Å². The molecule has 1 fully saturated rings. The van der Waals surface area contributed by atoms with Crippen LogP contribution in [0.5, 0.6) is 0 Å². The molecular formula is C11H14ClN3O. The molecule has 1 saturated heterocycles. The lowest BCUT2D eigenvalue weighted by Crippen LogP contribution is -2.30. The van der Waals surface area contributed by atoms with Crippen molar-refractivity contribution >= 4 is 23.2 Å². The number of carbonyl (C=O) groups is 1. The first kappa shape index (κ1) is 11.4. The van der Waals surface area contributed by atoms with Gasteiger partial charge in [0.2, 0.25) is 5.91 Å². The number of nitrogens with zero attached hydrogens (tertiary/aromatic N) is 2. The summed E-state index contributed by atoms with van der Waals surface area (Å²) in [6.07, 6.45) is 3.96. The van der Waals surface area contributed by atoms with Crippen LogP contribution in [-0.4, -0.2) is 35.4 Å². The van der Waals surface area contributed by atoms with Gasteiger partial charge in [0.25, 0.3) is 0 Å². The maximum Gasteiger partial charge on any atom is 0.238 e. The molecule has 5 heteroatoms. The molecule has 0 bridgehead atoms. The van der Waals surface area contributed by atoms with Gasteiger partial charge in [-0.3, -0.25) is 9.69 Å². The Labute approximate surface area is 99.6 Å². The van der Waals surface area contributed by atoms with Gasteiger partial charge in [0.05, 0.1) is 12.2 Å². The Balaban J connectivity index is 1.89. The number of amides is 1. The van der Waals surface area contributed by atoms with Crippen molar-refractivity contribution in [2.24, 2.45) is 0 Å². The zero-order valence-electron chi connectivity index (χ0n) is 8.95. The van der Waals surface area contributed by atoms with E-state index >= 15 is 0 Å². The highest BCUT2D eigenvalue weighted by molar-refractivity contribution is 6.32. The number of rotatable bonds is 3. The van der Waals surface area contributed by atoms with Crippen LogP contribution in [0.4, 0.5) is 5.69 Å². The number of nitrogens with one attached hydrogen (secondary N) is 1. The quantitative estimate of drug-likeness (QED) is 0.818. The van der Waals surface area contributed by atoms with Crippen molar-refractivity contribution < 1.29 is 4.79 Å². The van der Waals surface area contributed by atoms with Gasteiger partial charge in [0.15, 0.2) is 5.15 Å². The van der Waals surface area contributed by atoms with E-state index in [9.17, 15) is 4.79 Å². The maximum atomic E-state index is 11.7.